The summed E-state index contributed by atoms with van der Waals surface area (Å²) < 4.78 is 12.9. The van der Waals surface area contributed by atoms with Crippen molar-refractivity contribution in [2.45, 2.75) is 25.3 Å². The number of benzene rings is 1. The van der Waals surface area contributed by atoms with E-state index in [-0.39, 0.29) is 6.04 Å². The van der Waals surface area contributed by atoms with Crippen LogP contribution in [0.4, 0.5) is 0 Å². The molecule has 0 aliphatic carbocycles. The van der Waals surface area contributed by atoms with E-state index in [0.717, 1.165) is 34.8 Å². The topological polar surface area (TPSA) is 40.2 Å². The van der Waals surface area contributed by atoms with Gasteiger partial charge in [-0.25, -0.2) is 4.98 Å². The molecule has 5 heteroatoms. The molecule has 0 amide bonds. The van der Waals surface area contributed by atoms with Gasteiger partial charge in [0, 0.05) is 18.5 Å². The minimum atomic E-state index is 0.196. The number of rotatable bonds is 5. The molecule has 4 nitrogen and oxygen atoms in total. The number of methoxy groups -OCH3 is 1. The Morgan fingerprint density at radius 2 is 2.24 bits per heavy atom. The Morgan fingerprint density at radius 3 is 2.90 bits per heavy atom. The fraction of sp³-hybridized carbons (Fsp3) is 0.312. The maximum atomic E-state index is 6.07. The van der Waals surface area contributed by atoms with Crippen molar-refractivity contribution in [1.29, 1.82) is 0 Å². The van der Waals surface area contributed by atoms with Crippen molar-refractivity contribution in [3.8, 4) is 5.75 Å². The van der Waals surface area contributed by atoms with Crippen molar-refractivity contribution in [2.24, 2.45) is 0 Å². The molecule has 21 heavy (non-hydrogen) atoms. The van der Waals surface area contributed by atoms with Gasteiger partial charge < -0.3 is 13.7 Å². The van der Waals surface area contributed by atoms with Gasteiger partial charge in [-0.3, -0.25) is 0 Å². The van der Waals surface area contributed by atoms with Crippen LogP contribution in [0.1, 0.15) is 24.6 Å². The molecular weight excluding hydrogens is 288 g/mol. The van der Waals surface area contributed by atoms with Crippen LogP contribution in [-0.4, -0.2) is 16.7 Å². The minimum absolute atomic E-state index is 0.196. The lowest BCUT2D eigenvalue weighted by Gasteiger charge is -2.16. The van der Waals surface area contributed by atoms with Crippen LogP contribution in [-0.2, 0) is 12.3 Å². The molecule has 1 atom stereocenters. The zero-order valence-electron chi connectivity index (χ0n) is 12.0. The number of aromatic nitrogens is 2. The van der Waals surface area contributed by atoms with E-state index in [0.29, 0.717) is 5.88 Å². The van der Waals surface area contributed by atoms with Gasteiger partial charge in [0.1, 0.15) is 17.3 Å². The van der Waals surface area contributed by atoms with Crippen molar-refractivity contribution in [1.82, 2.24) is 9.55 Å². The monoisotopic (exact) mass is 304 g/mol. The zero-order chi connectivity index (χ0) is 14.8. The number of hydrogen-bond acceptors (Lipinski definition) is 3. The molecule has 0 saturated heterocycles. The van der Waals surface area contributed by atoms with Gasteiger partial charge in [-0.15, -0.1) is 11.6 Å². The number of halogens is 1. The first-order chi connectivity index (χ1) is 10.2. The summed E-state index contributed by atoms with van der Waals surface area (Å²) in [6.07, 6.45) is 2.49. The molecule has 2 heterocycles. The largest absolute Gasteiger partial charge is 0.497 e. The molecule has 2 aromatic heterocycles. The summed E-state index contributed by atoms with van der Waals surface area (Å²) in [7, 11) is 1.66. The normalized spacial score (nSPS) is 12.7. The zero-order valence-corrected chi connectivity index (χ0v) is 12.8. The maximum Gasteiger partial charge on any atom is 0.125 e. The van der Waals surface area contributed by atoms with Gasteiger partial charge >= 0.3 is 0 Å². The van der Waals surface area contributed by atoms with E-state index in [1.807, 2.05) is 30.3 Å². The summed E-state index contributed by atoms with van der Waals surface area (Å²) >= 11 is 6.07. The number of imidazole rings is 1. The van der Waals surface area contributed by atoms with E-state index < -0.39 is 0 Å². The lowest BCUT2D eigenvalue weighted by atomic mass is 10.2. The number of alkyl halides is 1. The molecule has 0 spiro atoms. The quantitative estimate of drug-likeness (QED) is 0.664. The van der Waals surface area contributed by atoms with Gasteiger partial charge in [-0.05, 0) is 31.2 Å². The Hall–Kier alpha value is -1.94. The van der Waals surface area contributed by atoms with E-state index in [1.165, 1.54) is 0 Å². The molecule has 110 valence electrons. The van der Waals surface area contributed by atoms with Crippen LogP contribution in [0.25, 0.3) is 11.0 Å². The van der Waals surface area contributed by atoms with Crippen LogP contribution in [0.15, 0.2) is 41.0 Å². The summed E-state index contributed by atoms with van der Waals surface area (Å²) in [5, 5.41) is 0. The lowest BCUT2D eigenvalue weighted by Crippen LogP contribution is -2.11. The highest BCUT2D eigenvalue weighted by molar-refractivity contribution is 6.16. The van der Waals surface area contributed by atoms with Gasteiger partial charge in [-0.1, -0.05) is 0 Å². The fourth-order valence-electron chi connectivity index (χ4n) is 2.65. The van der Waals surface area contributed by atoms with Crippen molar-refractivity contribution >= 4 is 22.6 Å². The third kappa shape index (κ3) is 2.63. The van der Waals surface area contributed by atoms with E-state index in [4.69, 9.17) is 20.8 Å². The Morgan fingerprint density at radius 1 is 1.38 bits per heavy atom. The second-order valence-electron chi connectivity index (χ2n) is 5.02. The number of fused-ring (bicyclic) bond motifs is 1. The van der Waals surface area contributed by atoms with Crippen LogP contribution >= 0.6 is 11.6 Å². The molecule has 3 rings (SSSR count). The summed E-state index contributed by atoms with van der Waals surface area (Å²) in [5.74, 6) is 3.00. The van der Waals surface area contributed by atoms with Gasteiger partial charge in [0.15, 0.2) is 0 Å². The molecule has 3 aromatic rings. The standard InChI is InChI=1S/C16H17ClN2O2/c1-11(8-13-4-3-7-21-13)19-15-9-12(20-2)5-6-14(15)18-16(19)10-17/h3-7,9,11H,8,10H2,1-2H3. The number of nitrogens with zero attached hydrogens (tertiary/aromatic N) is 2. The molecule has 0 aliphatic heterocycles. The molecular formula is C16H17ClN2O2. The molecule has 1 aromatic carbocycles. The van der Waals surface area contributed by atoms with Gasteiger partial charge in [0.2, 0.25) is 0 Å². The molecule has 0 N–H and O–H groups in total. The summed E-state index contributed by atoms with van der Waals surface area (Å²) in [6.45, 7) is 2.14. The van der Waals surface area contributed by atoms with Crippen LogP contribution in [0.3, 0.4) is 0 Å². The Kier molecular flexibility index (Phi) is 3.88. The molecule has 0 fully saturated rings. The maximum absolute atomic E-state index is 6.07. The Bertz CT molecular complexity index is 734. The molecule has 0 aliphatic rings. The summed E-state index contributed by atoms with van der Waals surface area (Å²) in [5.41, 5.74) is 1.96. The third-order valence-corrected chi connectivity index (χ3v) is 3.85. The molecule has 0 radical (unpaired) electrons. The first kappa shape index (κ1) is 14.0. The fourth-order valence-corrected chi connectivity index (χ4v) is 2.84. The van der Waals surface area contributed by atoms with E-state index in [9.17, 15) is 0 Å². The number of hydrogen-bond donors (Lipinski definition) is 0. The van der Waals surface area contributed by atoms with Crippen LogP contribution < -0.4 is 4.74 Å². The Balaban J connectivity index is 2.05. The van der Waals surface area contributed by atoms with Crippen molar-refractivity contribution in [3.63, 3.8) is 0 Å². The molecule has 1 unspecified atom stereocenters. The lowest BCUT2D eigenvalue weighted by molar-refractivity contribution is 0.414. The predicted molar refractivity (Wildman–Crippen MR) is 83.0 cm³/mol. The van der Waals surface area contributed by atoms with Gasteiger partial charge in [0.05, 0.1) is 30.3 Å². The third-order valence-electron chi connectivity index (χ3n) is 3.61. The summed E-state index contributed by atoms with van der Waals surface area (Å²) in [6, 6.07) is 9.95. The molecule has 0 saturated carbocycles. The van der Waals surface area contributed by atoms with Crippen molar-refractivity contribution in [2.75, 3.05) is 7.11 Å². The average Bonchev–Trinajstić information content (AvgIpc) is 3.12. The predicted octanol–water partition coefficient (Wildman–Crippen LogP) is 4.18. The SMILES string of the molecule is COc1ccc2nc(CCl)n(C(C)Cc3ccco3)c2c1. The minimum Gasteiger partial charge on any atom is -0.497 e. The van der Waals surface area contributed by atoms with E-state index in [2.05, 4.69) is 16.5 Å². The van der Waals surface area contributed by atoms with Crippen molar-refractivity contribution in [3.05, 3.63) is 48.2 Å². The van der Waals surface area contributed by atoms with E-state index in [1.54, 1.807) is 13.4 Å². The molecule has 0 bridgehead atoms. The van der Waals surface area contributed by atoms with Crippen LogP contribution in [0, 0.1) is 0 Å². The van der Waals surface area contributed by atoms with Gasteiger partial charge in [-0.2, -0.15) is 0 Å². The first-order valence-electron chi connectivity index (χ1n) is 6.86. The van der Waals surface area contributed by atoms with Crippen molar-refractivity contribution < 1.29 is 9.15 Å². The average molecular weight is 305 g/mol. The van der Waals surface area contributed by atoms with E-state index >= 15 is 0 Å². The Labute approximate surface area is 128 Å². The highest BCUT2D eigenvalue weighted by Gasteiger charge is 2.17. The first-order valence-corrected chi connectivity index (χ1v) is 7.39. The second-order valence-corrected chi connectivity index (χ2v) is 5.29. The number of furan rings is 1. The second kappa shape index (κ2) is 5.82. The van der Waals surface area contributed by atoms with Gasteiger partial charge in [0.25, 0.3) is 0 Å². The number of ether oxygens (including phenoxy) is 1. The highest BCUT2D eigenvalue weighted by atomic mass is 35.5. The summed E-state index contributed by atoms with van der Waals surface area (Å²) in [4.78, 5) is 4.60. The van der Waals surface area contributed by atoms with Crippen LogP contribution in [0.5, 0.6) is 5.75 Å². The highest BCUT2D eigenvalue weighted by Crippen LogP contribution is 2.27. The smallest absolute Gasteiger partial charge is 0.125 e. The van der Waals surface area contributed by atoms with Crippen LogP contribution in [0.2, 0.25) is 0 Å².